The number of nitrogens with one attached hydrogen (secondary N) is 2. The minimum Gasteiger partial charge on any atom is -0.493 e. The van der Waals surface area contributed by atoms with E-state index in [0.717, 1.165) is 37.7 Å². The maximum atomic E-state index is 11.7. The molecule has 2 saturated heterocycles. The minimum atomic E-state index is -0.411. The van der Waals surface area contributed by atoms with Crippen molar-refractivity contribution in [2.24, 2.45) is 0 Å². The van der Waals surface area contributed by atoms with Gasteiger partial charge in [0.1, 0.15) is 12.4 Å². The van der Waals surface area contributed by atoms with Gasteiger partial charge in [-0.3, -0.25) is 14.9 Å². The van der Waals surface area contributed by atoms with Gasteiger partial charge in [0.15, 0.2) is 11.5 Å². The number of aromatic nitrogens is 2. The lowest BCUT2D eigenvalue weighted by atomic mass is 10.1. The highest BCUT2D eigenvalue weighted by Gasteiger charge is 2.25. The number of piperidine rings is 1. The van der Waals surface area contributed by atoms with Crippen molar-refractivity contribution in [3.63, 3.8) is 0 Å². The van der Waals surface area contributed by atoms with Gasteiger partial charge in [0, 0.05) is 0 Å². The van der Waals surface area contributed by atoms with E-state index < -0.39 is 5.91 Å². The molecule has 2 amide bonds. The fourth-order valence-electron chi connectivity index (χ4n) is 3.07. The van der Waals surface area contributed by atoms with Crippen LogP contribution in [0.1, 0.15) is 18.4 Å². The predicted molar refractivity (Wildman–Crippen MR) is 111 cm³/mol. The average molecular weight is 428 g/mol. The molecule has 2 N–H and O–H groups in total. The van der Waals surface area contributed by atoms with Gasteiger partial charge in [-0.15, -0.1) is 0 Å². The molecule has 2 fully saturated rings. The molecule has 4 rings (SSSR count). The van der Waals surface area contributed by atoms with E-state index in [9.17, 15) is 9.59 Å². The summed E-state index contributed by atoms with van der Waals surface area (Å²) in [6.45, 7) is 1.85. The molecule has 156 valence electrons. The molecular weight excluding hydrogens is 408 g/mol. The molecule has 0 atom stereocenters. The van der Waals surface area contributed by atoms with Gasteiger partial charge < -0.3 is 19.5 Å². The molecule has 1 aromatic heterocycles. The van der Waals surface area contributed by atoms with Crippen LogP contribution in [0.25, 0.3) is 6.08 Å². The third-order valence-corrected chi connectivity index (χ3v) is 5.34. The molecule has 10 heteroatoms. The Kier molecular flexibility index (Phi) is 6.15. The van der Waals surface area contributed by atoms with Crippen molar-refractivity contribution < 1.29 is 23.8 Å². The third kappa shape index (κ3) is 4.89. The Labute approximate surface area is 177 Å². The van der Waals surface area contributed by atoms with Crippen molar-refractivity contribution in [1.29, 1.82) is 0 Å². The molecule has 9 nitrogen and oxygen atoms in total. The molecule has 1 aromatic carbocycles. The fraction of sp³-hybridized carbons (Fsp3) is 0.300. The van der Waals surface area contributed by atoms with E-state index in [0.29, 0.717) is 33.7 Å². The van der Waals surface area contributed by atoms with Crippen LogP contribution in [0.15, 0.2) is 35.5 Å². The SMILES string of the molecule is COc1cc(C=C2SC(=O)NC2=O)ccc1Oc1cc(OC2CCNCC2)ncn1. The lowest BCUT2D eigenvalue weighted by molar-refractivity contribution is -0.115. The van der Waals surface area contributed by atoms with Crippen molar-refractivity contribution in [2.75, 3.05) is 20.2 Å². The van der Waals surface area contributed by atoms with E-state index in [1.54, 1.807) is 30.3 Å². The number of hydrogen-bond donors (Lipinski definition) is 2. The van der Waals surface area contributed by atoms with Crippen molar-refractivity contribution in [1.82, 2.24) is 20.6 Å². The standard InChI is InChI=1S/C20H20N4O5S/c1-27-15-8-12(9-16-19(25)24-20(26)30-16)2-3-14(15)29-18-10-17(22-11-23-18)28-13-4-6-21-7-5-13/h2-3,8-11,13,21H,4-7H2,1H3,(H,24,25,26). The Bertz CT molecular complexity index is 991. The normalized spacial score (nSPS) is 18.4. The van der Waals surface area contributed by atoms with Gasteiger partial charge in [-0.2, -0.15) is 0 Å². The Morgan fingerprint density at radius 3 is 2.63 bits per heavy atom. The van der Waals surface area contributed by atoms with Gasteiger partial charge in [-0.05, 0) is 61.5 Å². The Hall–Kier alpha value is -3.11. The number of hydrogen-bond acceptors (Lipinski definition) is 9. The van der Waals surface area contributed by atoms with Gasteiger partial charge in [0.25, 0.3) is 11.1 Å². The summed E-state index contributed by atoms with van der Waals surface area (Å²) >= 11 is 0.859. The summed E-state index contributed by atoms with van der Waals surface area (Å²) in [5.74, 6) is 1.28. The molecule has 0 saturated carbocycles. The number of carbonyl (C=O) groups is 2. The first kappa shape index (κ1) is 20.2. The van der Waals surface area contributed by atoms with Crippen LogP contribution in [0.4, 0.5) is 4.79 Å². The fourth-order valence-corrected chi connectivity index (χ4v) is 3.75. The van der Waals surface area contributed by atoms with E-state index in [2.05, 4.69) is 20.6 Å². The van der Waals surface area contributed by atoms with Crippen molar-refractivity contribution in [3.05, 3.63) is 41.1 Å². The molecule has 0 unspecified atom stereocenters. The number of nitrogens with zero attached hydrogens (tertiary/aromatic N) is 2. The molecule has 2 aliphatic heterocycles. The number of ether oxygens (including phenoxy) is 3. The first-order chi connectivity index (χ1) is 14.6. The monoisotopic (exact) mass is 428 g/mol. The molecule has 30 heavy (non-hydrogen) atoms. The van der Waals surface area contributed by atoms with E-state index in [1.807, 2.05) is 0 Å². The number of carbonyl (C=O) groups excluding carboxylic acids is 2. The summed E-state index contributed by atoms with van der Waals surface area (Å²) in [5.41, 5.74) is 0.698. The average Bonchev–Trinajstić information content (AvgIpc) is 3.06. The second-order valence-corrected chi connectivity index (χ2v) is 7.64. The largest absolute Gasteiger partial charge is 0.493 e. The summed E-state index contributed by atoms with van der Waals surface area (Å²) in [5, 5.41) is 5.13. The summed E-state index contributed by atoms with van der Waals surface area (Å²) in [4.78, 5) is 31.7. The number of rotatable bonds is 6. The van der Waals surface area contributed by atoms with Crippen LogP contribution in [0.3, 0.4) is 0 Å². The molecule has 0 radical (unpaired) electrons. The Morgan fingerprint density at radius 1 is 1.10 bits per heavy atom. The zero-order valence-electron chi connectivity index (χ0n) is 16.2. The predicted octanol–water partition coefficient (Wildman–Crippen LogP) is 2.73. The lowest BCUT2D eigenvalue weighted by Crippen LogP contribution is -2.34. The highest BCUT2D eigenvalue weighted by Crippen LogP contribution is 2.34. The van der Waals surface area contributed by atoms with Crippen molar-refractivity contribution in [2.45, 2.75) is 18.9 Å². The molecule has 0 spiro atoms. The zero-order chi connectivity index (χ0) is 20.9. The number of amides is 2. The summed E-state index contributed by atoms with van der Waals surface area (Å²) in [7, 11) is 1.52. The highest BCUT2D eigenvalue weighted by atomic mass is 32.2. The lowest BCUT2D eigenvalue weighted by Gasteiger charge is -2.23. The highest BCUT2D eigenvalue weighted by molar-refractivity contribution is 8.18. The van der Waals surface area contributed by atoms with E-state index in [1.165, 1.54) is 13.4 Å². The van der Waals surface area contributed by atoms with E-state index in [-0.39, 0.29) is 11.3 Å². The summed E-state index contributed by atoms with van der Waals surface area (Å²) in [6.07, 6.45) is 4.98. The topological polar surface area (TPSA) is 112 Å². The second-order valence-electron chi connectivity index (χ2n) is 6.63. The molecule has 0 bridgehead atoms. The van der Waals surface area contributed by atoms with Crippen LogP contribution in [0, 0.1) is 0 Å². The number of imide groups is 1. The van der Waals surface area contributed by atoms with Gasteiger partial charge in [-0.25, -0.2) is 9.97 Å². The second kappa shape index (κ2) is 9.14. The smallest absolute Gasteiger partial charge is 0.290 e. The Balaban J connectivity index is 1.49. The molecular formula is C20H20N4O5S. The van der Waals surface area contributed by atoms with Gasteiger partial charge in [0.05, 0.1) is 18.1 Å². The van der Waals surface area contributed by atoms with Crippen LogP contribution >= 0.6 is 11.8 Å². The summed E-state index contributed by atoms with van der Waals surface area (Å²) in [6, 6.07) is 6.82. The maximum Gasteiger partial charge on any atom is 0.290 e. The van der Waals surface area contributed by atoms with Crippen LogP contribution in [0.2, 0.25) is 0 Å². The van der Waals surface area contributed by atoms with Crippen molar-refractivity contribution in [3.8, 4) is 23.3 Å². The molecule has 0 aliphatic carbocycles. The van der Waals surface area contributed by atoms with Gasteiger partial charge in [-0.1, -0.05) is 6.07 Å². The molecule has 3 heterocycles. The van der Waals surface area contributed by atoms with E-state index >= 15 is 0 Å². The van der Waals surface area contributed by atoms with Gasteiger partial charge >= 0.3 is 0 Å². The summed E-state index contributed by atoms with van der Waals surface area (Å²) < 4.78 is 17.2. The number of thioether (sulfide) groups is 1. The van der Waals surface area contributed by atoms with Crippen LogP contribution in [-0.4, -0.2) is 47.4 Å². The first-order valence-electron chi connectivity index (χ1n) is 9.41. The van der Waals surface area contributed by atoms with Crippen molar-refractivity contribution >= 4 is 29.0 Å². The minimum absolute atomic E-state index is 0.119. The number of methoxy groups -OCH3 is 1. The van der Waals surface area contributed by atoms with Crippen LogP contribution < -0.4 is 24.8 Å². The maximum absolute atomic E-state index is 11.7. The molecule has 2 aromatic rings. The van der Waals surface area contributed by atoms with Crippen LogP contribution in [0.5, 0.6) is 23.3 Å². The van der Waals surface area contributed by atoms with E-state index in [4.69, 9.17) is 14.2 Å². The van der Waals surface area contributed by atoms with Crippen LogP contribution in [-0.2, 0) is 4.79 Å². The number of benzene rings is 1. The Morgan fingerprint density at radius 2 is 1.90 bits per heavy atom. The van der Waals surface area contributed by atoms with Gasteiger partial charge in [0.2, 0.25) is 11.8 Å². The quantitative estimate of drug-likeness (QED) is 0.671. The molecule has 2 aliphatic rings. The first-order valence-corrected chi connectivity index (χ1v) is 10.2. The third-order valence-electron chi connectivity index (χ3n) is 4.53. The zero-order valence-corrected chi connectivity index (χ0v) is 17.0.